The predicted molar refractivity (Wildman–Crippen MR) is 192 cm³/mol. The fourth-order valence-electron chi connectivity index (χ4n) is 7.11. The SMILES string of the molecule is C1=CC2Oc3c(-c4ccc(N(c5ccc(-c6cccc7ccccc67)cc5)c5ccc6ccccc6c5)cc4)cccc3C2C=C1. The number of ether oxygens (including phenoxy) is 1. The van der Waals surface area contributed by atoms with Gasteiger partial charge >= 0.3 is 0 Å². The van der Waals surface area contributed by atoms with Crippen molar-refractivity contribution < 1.29 is 4.74 Å². The Labute approximate surface area is 269 Å². The van der Waals surface area contributed by atoms with Gasteiger partial charge in [-0.2, -0.15) is 0 Å². The molecule has 0 fully saturated rings. The van der Waals surface area contributed by atoms with E-state index in [1.54, 1.807) is 0 Å². The molecule has 0 saturated carbocycles. The van der Waals surface area contributed by atoms with Crippen LogP contribution < -0.4 is 9.64 Å². The van der Waals surface area contributed by atoms with Crippen molar-refractivity contribution in [1.29, 1.82) is 0 Å². The molecule has 218 valence electrons. The Morgan fingerprint density at radius 3 is 1.87 bits per heavy atom. The standard InChI is InChI=1S/C44H31NO/c1-2-11-34-29-37(28-19-30(34)9-1)45(35-24-20-32(21-25-35)39-15-7-12-31-10-3-4-13-38(31)39)36-26-22-33(23-27-36)40-16-8-17-42-41-14-5-6-18-43(41)46-44(40)42/h1-29,41,43H. The second kappa shape index (κ2) is 10.9. The number of hydrogen-bond acceptors (Lipinski definition) is 2. The summed E-state index contributed by atoms with van der Waals surface area (Å²) in [6, 6.07) is 54.8. The van der Waals surface area contributed by atoms with Gasteiger partial charge in [0.15, 0.2) is 0 Å². The molecule has 2 unspecified atom stereocenters. The van der Waals surface area contributed by atoms with Crippen LogP contribution in [0.4, 0.5) is 17.1 Å². The second-order valence-electron chi connectivity index (χ2n) is 12.1. The average Bonchev–Trinajstić information content (AvgIpc) is 3.51. The number of allylic oxidation sites excluding steroid dienone is 2. The van der Waals surface area contributed by atoms with Crippen molar-refractivity contribution in [3.05, 3.63) is 182 Å². The van der Waals surface area contributed by atoms with Crippen molar-refractivity contribution in [2.24, 2.45) is 0 Å². The van der Waals surface area contributed by atoms with Crippen LogP contribution in [0.15, 0.2) is 176 Å². The molecule has 0 aromatic heterocycles. The van der Waals surface area contributed by atoms with E-state index in [0.29, 0.717) is 0 Å². The molecule has 0 spiro atoms. The summed E-state index contributed by atoms with van der Waals surface area (Å²) in [7, 11) is 0. The summed E-state index contributed by atoms with van der Waals surface area (Å²) in [4.78, 5) is 2.35. The van der Waals surface area contributed by atoms with Crippen molar-refractivity contribution in [1.82, 2.24) is 0 Å². The quantitative estimate of drug-likeness (QED) is 0.198. The van der Waals surface area contributed by atoms with E-state index in [2.05, 4.69) is 181 Å². The van der Waals surface area contributed by atoms with Gasteiger partial charge < -0.3 is 9.64 Å². The smallest absolute Gasteiger partial charge is 0.132 e. The zero-order valence-corrected chi connectivity index (χ0v) is 25.3. The normalized spacial score (nSPS) is 16.3. The fourth-order valence-corrected chi connectivity index (χ4v) is 7.11. The first kappa shape index (κ1) is 26.5. The maximum atomic E-state index is 6.48. The summed E-state index contributed by atoms with van der Waals surface area (Å²) >= 11 is 0. The van der Waals surface area contributed by atoms with Crippen molar-refractivity contribution >= 4 is 38.6 Å². The summed E-state index contributed by atoms with van der Waals surface area (Å²) in [5, 5.41) is 4.97. The van der Waals surface area contributed by atoms with E-state index >= 15 is 0 Å². The molecule has 2 aliphatic rings. The van der Waals surface area contributed by atoms with Gasteiger partial charge in [-0.05, 0) is 80.7 Å². The number of nitrogens with zero attached hydrogens (tertiary/aromatic N) is 1. The molecular formula is C44H31NO. The lowest BCUT2D eigenvalue weighted by Gasteiger charge is -2.26. The summed E-state index contributed by atoms with van der Waals surface area (Å²) in [6.45, 7) is 0. The van der Waals surface area contributed by atoms with Crippen molar-refractivity contribution in [3.8, 4) is 28.0 Å². The van der Waals surface area contributed by atoms with Crippen LogP contribution >= 0.6 is 0 Å². The lowest BCUT2D eigenvalue weighted by Crippen LogP contribution is -2.15. The average molecular weight is 590 g/mol. The maximum Gasteiger partial charge on any atom is 0.132 e. The van der Waals surface area contributed by atoms with E-state index in [9.17, 15) is 0 Å². The van der Waals surface area contributed by atoms with Crippen molar-refractivity contribution in [3.63, 3.8) is 0 Å². The second-order valence-corrected chi connectivity index (χ2v) is 12.1. The Kier molecular flexibility index (Phi) is 6.31. The Morgan fingerprint density at radius 2 is 1.07 bits per heavy atom. The Morgan fingerprint density at radius 1 is 0.457 bits per heavy atom. The largest absolute Gasteiger partial charge is 0.484 e. The van der Waals surface area contributed by atoms with Gasteiger partial charge in [-0.1, -0.05) is 133 Å². The first-order valence-corrected chi connectivity index (χ1v) is 15.9. The van der Waals surface area contributed by atoms with Crippen LogP contribution in [0.1, 0.15) is 11.5 Å². The minimum Gasteiger partial charge on any atom is -0.484 e. The molecule has 1 aliphatic heterocycles. The van der Waals surface area contributed by atoms with E-state index in [0.717, 1.165) is 33.9 Å². The van der Waals surface area contributed by atoms with Gasteiger partial charge in [0, 0.05) is 34.1 Å². The molecule has 0 radical (unpaired) electrons. The van der Waals surface area contributed by atoms with E-state index in [1.807, 2.05) is 0 Å². The van der Waals surface area contributed by atoms with E-state index < -0.39 is 0 Å². The zero-order valence-electron chi connectivity index (χ0n) is 25.3. The molecular weight excluding hydrogens is 558 g/mol. The molecule has 9 rings (SSSR count). The minimum absolute atomic E-state index is 0.0701. The molecule has 7 aromatic carbocycles. The van der Waals surface area contributed by atoms with Crippen molar-refractivity contribution in [2.75, 3.05) is 4.90 Å². The van der Waals surface area contributed by atoms with Crippen LogP contribution in [-0.4, -0.2) is 6.10 Å². The highest BCUT2D eigenvalue weighted by Gasteiger charge is 2.33. The summed E-state index contributed by atoms with van der Waals surface area (Å²) in [6.07, 6.45) is 8.68. The lowest BCUT2D eigenvalue weighted by molar-refractivity contribution is 0.270. The topological polar surface area (TPSA) is 12.5 Å². The predicted octanol–water partition coefficient (Wildman–Crippen LogP) is 11.8. The first-order chi connectivity index (χ1) is 22.8. The van der Waals surface area contributed by atoms with Gasteiger partial charge in [-0.25, -0.2) is 0 Å². The number of benzene rings is 7. The molecule has 7 aromatic rings. The number of para-hydroxylation sites is 1. The third-order valence-electron chi connectivity index (χ3n) is 9.40. The molecule has 46 heavy (non-hydrogen) atoms. The number of hydrogen-bond donors (Lipinski definition) is 0. The third kappa shape index (κ3) is 4.50. The van der Waals surface area contributed by atoms with E-state index in [4.69, 9.17) is 4.74 Å². The van der Waals surface area contributed by atoms with E-state index in [1.165, 1.54) is 38.2 Å². The number of anilines is 3. The molecule has 0 N–H and O–H groups in total. The van der Waals surface area contributed by atoms with Crippen LogP contribution in [-0.2, 0) is 0 Å². The van der Waals surface area contributed by atoms with Gasteiger partial charge in [0.1, 0.15) is 11.9 Å². The van der Waals surface area contributed by atoms with Gasteiger partial charge in [0.2, 0.25) is 0 Å². The zero-order chi connectivity index (χ0) is 30.5. The van der Waals surface area contributed by atoms with Gasteiger partial charge in [0.05, 0.1) is 0 Å². The molecule has 0 bridgehead atoms. The third-order valence-corrected chi connectivity index (χ3v) is 9.40. The lowest BCUT2D eigenvalue weighted by atomic mass is 9.90. The minimum atomic E-state index is 0.0701. The van der Waals surface area contributed by atoms with Gasteiger partial charge in [-0.15, -0.1) is 0 Å². The van der Waals surface area contributed by atoms with Gasteiger partial charge in [0.25, 0.3) is 0 Å². The summed E-state index contributed by atoms with van der Waals surface area (Å²) in [5.74, 6) is 1.27. The Bertz CT molecular complexity index is 2290. The van der Waals surface area contributed by atoms with Crippen LogP contribution in [0.2, 0.25) is 0 Å². The molecule has 1 heterocycles. The molecule has 2 nitrogen and oxygen atoms in total. The molecule has 2 atom stereocenters. The highest BCUT2D eigenvalue weighted by molar-refractivity contribution is 5.97. The first-order valence-electron chi connectivity index (χ1n) is 15.9. The van der Waals surface area contributed by atoms with E-state index in [-0.39, 0.29) is 12.0 Å². The van der Waals surface area contributed by atoms with Crippen LogP contribution in [0.5, 0.6) is 5.75 Å². The van der Waals surface area contributed by atoms with Crippen LogP contribution in [0.3, 0.4) is 0 Å². The Balaban J connectivity index is 1.12. The van der Waals surface area contributed by atoms with Crippen LogP contribution in [0.25, 0.3) is 43.8 Å². The maximum absolute atomic E-state index is 6.48. The fraction of sp³-hybridized carbons (Fsp3) is 0.0455. The molecule has 0 amide bonds. The molecule has 2 heteroatoms. The highest BCUT2D eigenvalue weighted by atomic mass is 16.5. The van der Waals surface area contributed by atoms with Crippen LogP contribution in [0, 0.1) is 0 Å². The summed E-state index contributed by atoms with van der Waals surface area (Å²) < 4.78 is 6.48. The summed E-state index contributed by atoms with van der Waals surface area (Å²) in [5.41, 5.74) is 9.33. The Hall–Kier alpha value is -5.86. The molecule has 1 aliphatic carbocycles. The monoisotopic (exact) mass is 589 g/mol. The van der Waals surface area contributed by atoms with Gasteiger partial charge in [-0.3, -0.25) is 0 Å². The molecule has 0 saturated heterocycles. The highest BCUT2D eigenvalue weighted by Crippen LogP contribution is 2.47. The van der Waals surface area contributed by atoms with Crippen molar-refractivity contribution in [2.45, 2.75) is 12.0 Å². The number of fused-ring (bicyclic) bond motifs is 5. The number of rotatable bonds is 5.